The first kappa shape index (κ1) is 13.9. The summed E-state index contributed by atoms with van der Waals surface area (Å²) in [6.07, 6.45) is -0.342. The molecule has 0 radical (unpaired) electrons. The molecule has 16 heavy (non-hydrogen) atoms. The monoisotopic (exact) mass is 230 g/mol. The van der Waals surface area contributed by atoms with E-state index >= 15 is 0 Å². The Bertz CT molecular complexity index is 180. The molecule has 1 saturated heterocycles. The average molecular weight is 230 g/mol. The first-order valence-corrected chi connectivity index (χ1v) is 6.35. The summed E-state index contributed by atoms with van der Waals surface area (Å²) < 4.78 is 5.21. The van der Waals surface area contributed by atoms with Crippen LogP contribution in [0.25, 0.3) is 0 Å². The number of hydrogen-bond donors (Lipinski definition) is 1. The fraction of sp³-hybridized carbons (Fsp3) is 1.00. The molecule has 0 spiro atoms. The Labute approximate surface area is 99.2 Å². The van der Waals surface area contributed by atoms with Crippen molar-refractivity contribution in [1.29, 1.82) is 0 Å². The Balaban J connectivity index is 2.16. The molecule has 4 heteroatoms. The van der Waals surface area contributed by atoms with Crippen LogP contribution in [-0.4, -0.2) is 73.0 Å². The predicted octanol–water partition coefficient (Wildman–Crippen LogP) is 0.410. The van der Waals surface area contributed by atoms with Crippen LogP contribution in [0.3, 0.4) is 0 Å². The minimum Gasteiger partial charge on any atom is -0.389 e. The Hall–Kier alpha value is -0.160. The lowest BCUT2D eigenvalue weighted by atomic mass is 10.2. The lowest BCUT2D eigenvalue weighted by Crippen LogP contribution is -2.50. The summed E-state index contributed by atoms with van der Waals surface area (Å²) in [5, 5.41) is 9.73. The van der Waals surface area contributed by atoms with Crippen molar-refractivity contribution >= 4 is 0 Å². The standard InChI is InChI=1S/C12H26N2O2/c1-4-16-10-12(15)9-13-5-7-14(8-6-13)11(2)3/h11-12,15H,4-10H2,1-3H3. The Morgan fingerprint density at radius 3 is 2.31 bits per heavy atom. The molecular formula is C12H26N2O2. The zero-order chi connectivity index (χ0) is 12.0. The third kappa shape index (κ3) is 4.78. The molecular weight excluding hydrogens is 204 g/mol. The van der Waals surface area contributed by atoms with Gasteiger partial charge in [0.05, 0.1) is 12.7 Å². The first-order valence-electron chi connectivity index (χ1n) is 6.35. The van der Waals surface area contributed by atoms with Gasteiger partial charge < -0.3 is 9.84 Å². The minimum absolute atomic E-state index is 0.342. The van der Waals surface area contributed by atoms with Crippen LogP contribution in [0, 0.1) is 0 Å². The van der Waals surface area contributed by atoms with Gasteiger partial charge in [0.2, 0.25) is 0 Å². The third-order valence-corrected chi connectivity index (χ3v) is 3.12. The van der Waals surface area contributed by atoms with Crippen LogP contribution in [0.1, 0.15) is 20.8 Å². The molecule has 1 fully saturated rings. The molecule has 1 heterocycles. The highest BCUT2D eigenvalue weighted by molar-refractivity contribution is 4.75. The predicted molar refractivity (Wildman–Crippen MR) is 65.6 cm³/mol. The third-order valence-electron chi connectivity index (χ3n) is 3.12. The molecule has 96 valence electrons. The van der Waals surface area contributed by atoms with Crippen LogP contribution in [-0.2, 0) is 4.74 Å². The summed E-state index contributed by atoms with van der Waals surface area (Å²) in [4.78, 5) is 4.80. The van der Waals surface area contributed by atoms with E-state index in [2.05, 4.69) is 23.6 Å². The molecule has 1 aliphatic rings. The maximum absolute atomic E-state index is 9.73. The molecule has 1 atom stereocenters. The zero-order valence-corrected chi connectivity index (χ0v) is 10.9. The maximum atomic E-state index is 9.73. The minimum atomic E-state index is -0.342. The van der Waals surface area contributed by atoms with Gasteiger partial charge in [0.1, 0.15) is 0 Å². The first-order chi connectivity index (χ1) is 7.63. The number of β-amino-alcohol motifs (C(OH)–C–C–N with tert-alkyl or cyclic N) is 1. The van der Waals surface area contributed by atoms with Crippen molar-refractivity contribution in [3.63, 3.8) is 0 Å². The lowest BCUT2D eigenvalue weighted by molar-refractivity contribution is 0.00813. The number of rotatable bonds is 6. The maximum Gasteiger partial charge on any atom is 0.0900 e. The molecule has 0 amide bonds. The van der Waals surface area contributed by atoms with E-state index < -0.39 is 0 Å². The van der Waals surface area contributed by atoms with Gasteiger partial charge in [-0.2, -0.15) is 0 Å². The van der Waals surface area contributed by atoms with Gasteiger partial charge in [-0.15, -0.1) is 0 Å². The summed E-state index contributed by atoms with van der Waals surface area (Å²) in [5.74, 6) is 0. The van der Waals surface area contributed by atoms with Crippen LogP contribution in [0.15, 0.2) is 0 Å². The van der Waals surface area contributed by atoms with Crippen molar-refractivity contribution in [2.45, 2.75) is 32.9 Å². The van der Waals surface area contributed by atoms with Crippen molar-refractivity contribution in [1.82, 2.24) is 9.80 Å². The average Bonchev–Trinajstić information content (AvgIpc) is 2.27. The molecule has 0 aromatic heterocycles. The quantitative estimate of drug-likeness (QED) is 0.717. The van der Waals surface area contributed by atoms with E-state index in [4.69, 9.17) is 4.74 Å². The van der Waals surface area contributed by atoms with E-state index in [1.165, 1.54) is 0 Å². The van der Waals surface area contributed by atoms with E-state index in [0.29, 0.717) is 19.3 Å². The van der Waals surface area contributed by atoms with E-state index in [-0.39, 0.29) is 6.10 Å². The number of piperazine rings is 1. The number of aliphatic hydroxyl groups excluding tert-OH is 1. The van der Waals surface area contributed by atoms with Crippen molar-refractivity contribution in [2.75, 3.05) is 45.9 Å². The fourth-order valence-corrected chi connectivity index (χ4v) is 2.07. The smallest absolute Gasteiger partial charge is 0.0900 e. The van der Waals surface area contributed by atoms with Gasteiger partial charge in [0, 0.05) is 45.4 Å². The molecule has 4 nitrogen and oxygen atoms in total. The highest BCUT2D eigenvalue weighted by atomic mass is 16.5. The lowest BCUT2D eigenvalue weighted by Gasteiger charge is -2.37. The topological polar surface area (TPSA) is 35.9 Å². The van der Waals surface area contributed by atoms with E-state index in [9.17, 15) is 5.11 Å². The van der Waals surface area contributed by atoms with Gasteiger partial charge in [-0.05, 0) is 20.8 Å². The highest BCUT2D eigenvalue weighted by Gasteiger charge is 2.20. The fourth-order valence-electron chi connectivity index (χ4n) is 2.07. The largest absolute Gasteiger partial charge is 0.389 e. The van der Waals surface area contributed by atoms with E-state index in [0.717, 1.165) is 32.7 Å². The van der Waals surface area contributed by atoms with Crippen LogP contribution >= 0.6 is 0 Å². The van der Waals surface area contributed by atoms with Crippen molar-refractivity contribution in [3.05, 3.63) is 0 Å². The number of hydrogen-bond acceptors (Lipinski definition) is 4. The molecule has 1 aliphatic heterocycles. The van der Waals surface area contributed by atoms with Gasteiger partial charge in [0.15, 0.2) is 0 Å². The molecule has 1 rings (SSSR count). The summed E-state index contributed by atoms with van der Waals surface area (Å²) in [5.41, 5.74) is 0. The summed E-state index contributed by atoms with van der Waals surface area (Å²) >= 11 is 0. The number of aliphatic hydroxyl groups is 1. The Morgan fingerprint density at radius 2 is 1.81 bits per heavy atom. The highest BCUT2D eigenvalue weighted by Crippen LogP contribution is 2.06. The van der Waals surface area contributed by atoms with Gasteiger partial charge >= 0.3 is 0 Å². The normalized spacial score (nSPS) is 21.6. The molecule has 1 N–H and O–H groups in total. The molecule has 0 aromatic carbocycles. The SMILES string of the molecule is CCOCC(O)CN1CCN(C(C)C)CC1. The Kier molecular flexibility index (Phi) is 6.28. The van der Waals surface area contributed by atoms with Crippen LogP contribution in [0.5, 0.6) is 0 Å². The summed E-state index contributed by atoms with van der Waals surface area (Å²) in [7, 11) is 0. The summed E-state index contributed by atoms with van der Waals surface area (Å²) in [6.45, 7) is 12.6. The Morgan fingerprint density at radius 1 is 1.19 bits per heavy atom. The van der Waals surface area contributed by atoms with Gasteiger partial charge in [-0.1, -0.05) is 0 Å². The summed E-state index contributed by atoms with van der Waals surface area (Å²) in [6, 6.07) is 0.635. The zero-order valence-electron chi connectivity index (χ0n) is 10.9. The van der Waals surface area contributed by atoms with Crippen LogP contribution in [0.2, 0.25) is 0 Å². The second kappa shape index (κ2) is 7.22. The number of nitrogens with zero attached hydrogens (tertiary/aromatic N) is 2. The molecule has 0 aliphatic carbocycles. The molecule has 0 bridgehead atoms. The second-order valence-electron chi connectivity index (χ2n) is 4.74. The number of ether oxygens (including phenoxy) is 1. The molecule has 0 aromatic rings. The van der Waals surface area contributed by atoms with Gasteiger partial charge in [-0.3, -0.25) is 9.80 Å². The van der Waals surface area contributed by atoms with Crippen molar-refractivity contribution < 1.29 is 9.84 Å². The molecule has 1 unspecified atom stereocenters. The van der Waals surface area contributed by atoms with Gasteiger partial charge in [-0.25, -0.2) is 0 Å². The van der Waals surface area contributed by atoms with Crippen LogP contribution in [0.4, 0.5) is 0 Å². The van der Waals surface area contributed by atoms with Crippen molar-refractivity contribution in [3.8, 4) is 0 Å². The second-order valence-corrected chi connectivity index (χ2v) is 4.74. The van der Waals surface area contributed by atoms with E-state index in [1.54, 1.807) is 0 Å². The van der Waals surface area contributed by atoms with Gasteiger partial charge in [0.25, 0.3) is 0 Å². The van der Waals surface area contributed by atoms with Crippen molar-refractivity contribution in [2.24, 2.45) is 0 Å². The van der Waals surface area contributed by atoms with E-state index in [1.807, 2.05) is 6.92 Å². The molecule has 0 saturated carbocycles. The van der Waals surface area contributed by atoms with Crippen LogP contribution < -0.4 is 0 Å².